The van der Waals surface area contributed by atoms with E-state index < -0.39 is 7.29 Å². The molecule has 0 amide bonds. The van der Waals surface area contributed by atoms with E-state index in [0.717, 1.165) is 21.2 Å². The highest BCUT2D eigenvalue weighted by molar-refractivity contribution is 7.76. The predicted octanol–water partition coefficient (Wildman–Crippen LogP) is 6.73. The second kappa shape index (κ2) is 9.52. The quantitative estimate of drug-likeness (QED) is 0.376. The van der Waals surface area contributed by atoms with Crippen molar-refractivity contribution in [1.82, 2.24) is 5.09 Å². The topological polar surface area (TPSA) is 29.1 Å². The van der Waals surface area contributed by atoms with Crippen LogP contribution in [0.1, 0.15) is 44.2 Å². The summed E-state index contributed by atoms with van der Waals surface area (Å²) in [7, 11) is -3.01. The fraction of sp³-hybridized carbons (Fsp3) is 0.308. The molecule has 1 N–H and O–H groups in total. The van der Waals surface area contributed by atoms with Gasteiger partial charge in [-0.2, -0.15) is 0 Å². The summed E-state index contributed by atoms with van der Waals surface area (Å²) >= 11 is 6.16. The molecular weight excluding hydrogens is 409 g/mol. The molecular formula is C26H29ClNOP. The van der Waals surface area contributed by atoms with Gasteiger partial charge in [-0.25, -0.2) is 0 Å². The number of unbranched alkanes of at least 4 members (excludes halogenated alkanes) is 1. The molecule has 4 heteroatoms. The van der Waals surface area contributed by atoms with Crippen molar-refractivity contribution >= 4 is 29.5 Å². The van der Waals surface area contributed by atoms with Gasteiger partial charge in [0.05, 0.1) is 0 Å². The Bertz CT molecular complexity index is 947. The lowest BCUT2D eigenvalue weighted by Crippen LogP contribution is -2.32. The van der Waals surface area contributed by atoms with E-state index in [-0.39, 0.29) is 6.04 Å². The van der Waals surface area contributed by atoms with Gasteiger partial charge in [0.1, 0.15) is 0 Å². The van der Waals surface area contributed by atoms with Crippen LogP contribution >= 0.6 is 18.9 Å². The molecule has 1 aliphatic rings. The fourth-order valence-electron chi connectivity index (χ4n) is 4.33. The van der Waals surface area contributed by atoms with Crippen molar-refractivity contribution in [3.8, 4) is 0 Å². The molecule has 1 aliphatic carbocycles. The first-order valence-corrected chi connectivity index (χ1v) is 12.9. The van der Waals surface area contributed by atoms with E-state index in [1.807, 2.05) is 72.8 Å². The van der Waals surface area contributed by atoms with Gasteiger partial charge in [-0.1, -0.05) is 86.3 Å². The summed E-state index contributed by atoms with van der Waals surface area (Å²) in [5, 5.41) is 6.10. The van der Waals surface area contributed by atoms with Gasteiger partial charge in [0.2, 0.25) is 7.29 Å². The number of halogens is 1. The third-order valence-electron chi connectivity index (χ3n) is 6.12. The van der Waals surface area contributed by atoms with Crippen molar-refractivity contribution in [2.45, 2.75) is 38.6 Å². The monoisotopic (exact) mass is 437 g/mol. The highest BCUT2D eigenvalue weighted by Gasteiger charge is 2.45. The fourth-order valence-corrected chi connectivity index (χ4v) is 6.97. The Morgan fingerprint density at radius 1 is 0.933 bits per heavy atom. The third kappa shape index (κ3) is 4.72. The summed E-state index contributed by atoms with van der Waals surface area (Å²) in [6.45, 7) is 2.24. The van der Waals surface area contributed by atoms with Crippen molar-refractivity contribution < 1.29 is 4.57 Å². The molecule has 1 saturated carbocycles. The van der Waals surface area contributed by atoms with Gasteiger partial charge in [-0.05, 0) is 60.2 Å². The average molecular weight is 438 g/mol. The lowest BCUT2D eigenvalue weighted by Gasteiger charge is -2.28. The number of hydrogen-bond acceptors (Lipinski definition) is 1. The Balaban J connectivity index is 1.72. The molecule has 3 atom stereocenters. The van der Waals surface area contributed by atoms with Crippen molar-refractivity contribution in [2.24, 2.45) is 11.8 Å². The molecule has 0 heterocycles. The summed E-state index contributed by atoms with van der Waals surface area (Å²) in [4.78, 5) is 0. The lowest BCUT2D eigenvalue weighted by atomic mass is 10.0. The standard InChI is InChI=1S/C26H29ClNOP/c1-2-3-10-21-19-25(21)26(20-15-17-22(27)18-16-20)28-30(29,23-11-6-4-7-12-23)24-13-8-5-9-14-24/h4-9,11-18,21,25-26H,2-3,10,19H2,1H3,(H,28,29)/t21?,25?,26-/m0/s1. The Morgan fingerprint density at radius 3 is 2.03 bits per heavy atom. The van der Waals surface area contributed by atoms with Crippen LogP contribution in [0.3, 0.4) is 0 Å². The maximum atomic E-state index is 14.6. The van der Waals surface area contributed by atoms with Crippen molar-refractivity contribution in [1.29, 1.82) is 0 Å². The molecule has 0 radical (unpaired) electrons. The normalized spacial score (nSPS) is 19.4. The highest BCUT2D eigenvalue weighted by Crippen LogP contribution is 2.54. The van der Waals surface area contributed by atoms with Crippen molar-refractivity contribution in [3.63, 3.8) is 0 Å². The molecule has 0 aromatic heterocycles. The van der Waals surface area contributed by atoms with Crippen LogP contribution in [0.5, 0.6) is 0 Å². The number of hydrogen-bond donors (Lipinski definition) is 1. The van der Waals surface area contributed by atoms with E-state index in [1.54, 1.807) is 0 Å². The molecule has 1 fully saturated rings. The zero-order valence-electron chi connectivity index (χ0n) is 17.4. The third-order valence-corrected chi connectivity index (χ3v) is 9.07. The van der Waals surface area contributed by atoms with Crippen LogP contribution in [-0.4, -0.2) is 0 Å². The van der Waals surface area contributed by atoms with Gasteiger partial charge in [-0.3, -0.25) is 9.65 Å². The summed E-state index contributed by atoms with van der Waals surface area (Å²) in [6.07, 6.45) is 4.90. The largest absolute Gasteiger partial charge is 0.297 e. The van der Waals surface area contributed by atoms with E-state index in [2.05, 4.69) is 24.1 Å². The molecule has 0 bridgehead atoms. The van der Waals surface area contributed by atoms with Gasteiger partial charge in [0.25, 0.3) is 0 Å². The van der Waals surface area contributed by atoms with Gasteiger partial charge in [-0.15, -0.1) is 0 Å². The molecule has 0 aliphatic heterocycles. The minimum Gasteiger partial charge on any atom is -0.297 e. The SMILES string of the molecule is CCCCC1CC1[C@@H](NP(=O)(c1ccccc1)c1ccccc1)c1ccc(Cl)cc1. The minimum atomic E-state index is -3.01. The van der Waals surface area contributed by atoms with Gasteiger partial charge in [0.15, 0.2) is 0 Å². The van der Waals surface area contributed by atoms with E-state index in [9.17, 15) is 4.57 Å². The van der Waals surface area contributed by atoms with Crippen LogP contribution < -0.4 is 15.7 Å². The molecule has 156 valence electrons. The first kappa shape index (κ1) is 21.4. The second-order valence-corrected chi connectivity index (χ2v) is 11.2. The molecule has 30 heavy (non-hydrogen) atoms. The summed E-state index contributed by atoms with van der Waals surface area (Å²) in [5.41, 5.74) is 1.16. The second-order valence-electron chi connectivity index (χ2n) is 8.24. The van der Waals surface area contributed by atoms with Crippen LogP contribution in [0.2, 0.25) is 5.02 Å². The molecule has 0 saturated heterocycles. The Labute approximate surface area is 185 Å². The zero-order chi connectivity index (χ0) is 21.0. The number of nitrogens with one attached hydrogen (secondary N) is 1. The van der Waals surface area contributed by atoms with Gasteiger partial charge >= 0.3 is 0 Å². The number of rotatable bonds is 9. The lowest BCUT2D eigenvalue weighted by molar-refractivity contribution is 0.496. The van der Waals surface area contributed by atoms with Crippen molar-refractivity contribution in [2.75, 3.05) is 0 Å². The first-order chi connectivity index (χ1) is 14.6. The molecule has 0 spiro atoms. The first-order valence-electron chi connectivity index (χ1n) is 10.9. The zero-order valence-corrected chi connectivity index (χ0v) is 19.0. The van der Waals surface area contributed by atoms with E-state index >= 15 is 0 Å². The van der Waals surface area contributed by atoms with Crippen LogP contribution in [-0.2, 0) is 4.57 Å². The summed E-state index contributed by atoms with van der Waals surface area (Å²) in [6, 6.07) is 27.8. The molecule has 3 aromatic rings. The van der Waals surface area contributed by atoms with E-state index in [4.69, 9.17) is 11.6 Å². The molecule has 2 unspecified atom stereocenters. The van der Waals surface area contributed by atoms with Crippen LogP contribution in [0.4, 0.5) is 0 Å². The molecule has 2 nitrogen and oxygen atoms in total. The van der Waals surface area contributed by atoms with Gasteiger partial charge < -0.3 is 0 Å². The van der Waals surface area contributed by atoms with Crippen LogP contribution in [0.15, 0.2) is 84.9 Å². The minimum absolute atomic E-state index is 0.0374. The summed E-state index contributed by atoms with van der Waals surface area (Å²) in [5.74, 6) is 1.19. The van der Waals surface area contributed by atoms with E-state index in [0.29, 0.717) is 11.8 Å². The maximum absolute atomic E-state index is 14.6. The van der Waals surface area contributed by atoms with Crippen LogP contribution in [0.25, 0.3) is 0 Å². The Kier molecular flexibility index (Phi) is 6.78. The average Bonchev–Trinajstić information content (AvgIpc) is 3.57. The highest BCUT2D eigenvalue weighted by atomic mass is 35.5. The molecule has 4 rings (SSSR count). The maximum Gasteiger partial charge on any atom is 0.205 e. The predicted molar refractivity (Wildman–Crippen MR) is 128 cm³/mol. The van der Waals surface area contributed by atoms with E-state index in [1.165, 1.54) is 25.7 Å². The number of benzene rings is 3. The Morgan fingerprint density at radius 2 is 1.50 bits per heavy atom. The molecule has 3 aromatic carbocycles. The smallest absolute Gasteiger partial charge is 0.205 e. The summed E-state index contributed by atoms with van der Waals surface area (Å²) < 4.78 is 14.6. The van der Waals surface area contributed by atoms with Crippen molar-refractivity contribution in [3.05, 3.63) is 95.5 Å². The Hall–Kier alpha value is -1.86. The van der Waals surface area contributed by atoms with Gasteiger partial charge in [0, 0.05) is 21.7 Å². The van der Waals surface area contributed by atoms with Crippen LogP contribution in [0, 0.1) is 11.8 Å².